The Morgan fingerprint density at radius 1 is 1.07 bits per heavy atom. The minimum absolute atomic E-state index is 0.800. The molecular weight excluding hydrogens is 170 g/mol. The lowest BCUT2D eigenvalue weighted by molar-refractivity contribution is 0.460. The molecule has 2 aliphatic rings. The summed E-state index contributed by atoms with van der Waals surface area (Å²) < 4.78 is 0. The van der Waals surface area contributed by atoms with Gasteiger partial charge >= 0.3 is 0 Å². The maximum atomic E-state index is 3.53. The second-order valence-corrected chi connectivity index (χ2v) is 4.62. The Hall–Kier alpha value is -0.980. The first kappa shape index (κ1) is 8.34. The normalized spacial score (nSPS) is 26.1. The fourth-order valence-corrected chi connectivity index (χ4v) is 3.09. The van der Waals surface area contributed by atoms with Crippen LogP contribution in [0.3, 0.4) is 0 Å². The highest BCUT2D eigenvalue weighted by Crippen LogP contribution is 2.42. The Morgan fingerprint density at radius 2 is 1.86 bits per heavy atom. The minimum atomic E-state index is 0.800. The van der Waals surface area contributed by atoms with Gasteiger partial charge in [-0.05, 0) is 30.4 Å². The third-order valence-corrected chi connectivity index (χ3v) is 3.84. The number of para-hydroxylation sites is 1. The van der Waals surface area contributed by atoms with Crippen molar-refractivity contribution in [1.82, 2.24) is 0 Å². The second-order valence-electron chi connectivity index (χ2n) is 4.62. The van der Waals surface area contributed by atoms with Crippen LogP contribution in [0.25, 0.3) is 0 Å². The molecule has 0 saturated heterocycles. The highest BCUT2D eigenvalue weighted by Gasteiger charge is 2.30. The molecule has 1 heterocycles. The fourth-order valence-electron chi connectivity index (χ4n) is 3.09. The van der Waals surface area contributed by atoms with E-state index in [1.165, 1.54) is 37.9 Å². The molecule has 0 amide bonds. The lowest BCUT2D eigenvalue weighted by Gasteiger charge is -2.17. The summed E-state index contributed by atoms with van der Waals surface area (Å²) in [5, 5.41) is 3.53. The Bertz CT molecular complexity index is 326. The Labute approximate surface area is 85.5 Å². The zero-order valence-corrected chi connectivity index (χ0v) is 8.50. The maximum Gasteiger partial charge on any atom is 0.0376 e. The van der Waals surface area contributed by atoms with Crippen LogP contribution in [0, 0.1) is 5.92 Å². The number of hydrogen-bond acceptors (Lipinski definition) is 1. The van der Waals surface area contributed by atoms with Crippen LogP contribution in [0.2, 0.25) is 0 Å². The van der Waals surface area contributed by atoms with E-state index in [9.17, 15) is 0 Å². The van der Waals surface area contributed by atoms with Crippen molar-refractivity contribution in [3.05, 3.63) is 29.8 Å². The van der Waals surface area contributed by atoms with Crippen molar-refractivity contribution < 1.29 is 0 Å². The predicted octanol–water partition coefficient (Wildman–Crippen LogP) is 3.39. The molecule has 1 atom stereocenters. The molecule has 3 rings (SSSR count). The van der Waals surface area contributed by atoms with Crippen molar-refractivity contribution in [3.8, 4) is 0 Å². The van der Waals surface area contributed by atoms with E-state index < -0.39 is 0 Å². The van der Waals surface area contributed by atoms with Gasteiger partial charge in [0.05, 0.1) is 0 Å². The first-order valence-electron chi connectivity index (χ1n) is 5.78. The molecule has 1 unspecified atom stereocenters. The van der Waals surface area contributed by atoms with Crippen LogP contribution >= 0.6 is 0 Å². The van der Waals surface area contributed by atoms with Crippen molar-refractivity contribution >= 4 is 5.69 Å². The fraction of sp³-hybridized carbons (Fsp3) is 0.538. The van der Waals surface area contributed by atoms with Crippen molar-refractivity contribution in [1.29, 1.82) is 0 Å². The number of hydrogen-bond donors (Lipinski definition) is 1. The van der Waals surface area contributed by atoms with E-state index in [4.69, 9.17) is 0 Å². The largest absolute Gasteiger partial charge is 0.384 e. The molecule has 1 fully saturated rings. The Balaban J connectivity index is 1.89. The van der Waals surface area contributed by atoms with E-state index in [0.29, 0.717) is 0 Å². The number of nitrogens with one attached hydrogen (secondary N) is 1. The highest BCUT2D eigenvalue weighted by atomic mass is 14.9. The second kappa shape index (κ2) is 3.30. The van der Waals surface area contributed by atoms with Gasteiger partial charge in [-0.1, -0.05) is 31.0 Å². The lowest BCUT2D eigenvalue weighted by Crippen LogP contribution is -2.11. The smallest absolute Gasteiger partial charge is 0.0376 e. The van der Waals surface area contributed by atoms with E-state index in [-0.39, 0.29) is 0 Å². The van der Waals surface area contributed by atoms with Crippen molar-refractivity contribution in [2.75, 3.05) is 11.9 Å². The SMILES string of the molecule is c1ccc2c(c1)NCC2C1CCCC1. The third kappa shape index (κ3) is 1.23. The molecule has 0 radical (unpaired) electrons. The summed E-state index contributed by atoms with van der Waals surface area (Å²) in [6, 6.07) is 8.82. The van der Waals surface area contributed by atoms with Gasteiger partial charge in [-0.2, -0.15) is 0 Å². The summed E-state index contributed by atoms with van der Waals surface area (Å²) in [6.45, 7) is 1.17. The topological polar surface area (TPSA) is 12.0 Å². The van der Waals surface area contributed by atoms with Gasteiger partial charge in [-0.15, -0.1) is 0 Å². The third-order valence-electron chi connectivity index (χ3n) is 3.84. The van der Waals surface area contributed by atoms with Crippen molar-refractivity contribution in [2.24, 2.45) is 5.92 Å². The van der Waals surface area contributed by atoms with Gasteiger partial charge in [0.15, 0.2) is 0 Å². The minimum Gasteiger partial charge on any atom is -0.384 e. The summed E-state index contributed by atoms with van der Waals surface area (Å²) in [4.78, 5) is 0. The van der Waals surface area contributed by atoms with Gasteiger partial charge in [-0.3, -0.25) is 0 Å². The van der Waals surface area contributed by atoms with Gasteiger partial charge in [0.1, 0.15) is 0 Å². The number of fused-ring (bicyclic) bond motifs is 1. The van der Waals surface area contributed by atoms with E-state index >= 15 is 0 Å². The summed E-state index contributed by atoms with van der Waals surface area (Å²) in [6.07, 6.45) is 5.79. The summed E-state index contributed by atoms with van der Waals surface area (Å²) in [5.74, 6) is 1.75. The molecule has 1 aliphatic heterocycles. The molecule has 1 aliphatic carbocycles. The maximum absolute atomic E-state index is 3.53. The number of anilines is 1. The first-order chi connectivity index (χ1) is 6.95. The van der Waals surface area contributed by atoms with Crippen molar-refractivity contribution in [3.63, 3.8) is 0 Å². The van der Waals surface area contributed by atoms with E-state index in [1.807, 2.05) is 0 Å². The van der Waals surface area contributed by atoms with Crippen LogP contribution in [0.4, 0.5) is 5.69 Å². The van der Waals surface area contributed by atoms with E-state index in [1.54, 1.807) is 5.56 Å². The summed E-state index contributed by atoms with van der Waals surface area (Å²) in [5.41, 5.74) is 2.95. The van der Waals surface area contributed by atoms with Gasteiger partial charge in [0.25, 0.3) is 0 Å². The molecule has 0 aromatic heterocycles. The summed E-state index contributed by atoms with van der Waals surface area (Å²) in [7, 11) is 0. The van der Waals surface area contributed by atoms with Crippen LogP contribution < -0.4 is 5.32 Å². The Morgan fingerprint density at radius 3 is 2.71 bits per heavy atom. The van der Waals surface area contributed by atoms with Crippen LogP contribution in [0.15, 0.2) is 24.3 Å². The predicted molar refractivity (Wildman–Crippen MR) is 59.6 cm³/mol. The van der Waals surface area contributed by atoms with Crippen LogP contribution in [-0.2, 0) is 0 Å². The quantitative estimate of drug-likeness (QED) is 0.710. The molecule has 1 nitrogen and oxygen atoms in total. The molecule has 1 saturated carbocycles. The zero-order chi connectivity index (χ0) is 9.38. The molecule has 0 spiro atoms. The van der Waals surface area contributed by atoms with Crippen LogP contribution in [0.5, 0.6) is 0 Å². The number of benzene rings is 1. The molecule has 1 aromatic rings. The lowest BCUT2D eigenvalue weighted by atomic mass is 9.86. The van der Waals surface area contributed by atoms with E-state index in [2.05, 4.69) is 29.6 Å². The standard InChI is InChI=1S/C13H17N/c1-2-6-10(5-1)12-9-14-13-8-4-3-7-11(12)13/h3-4,7-8,10,12,14H,1-2,5-6,9H2. The Kier molecular flexibility index (Phi) is 1.97. The zero-order valence-electron chi connectivity index (χ0n) is 8.50. The molecule has 1 heteroatoms. The highest BCUT2D eigenvalue weighted by molar-refractivity contribution is 5.57. The van der Waals surface area contributed by atoms with E-state index in [0.717, 1.165) is 11.8 Å². The van der Waals surface area contributed by atoms with Gasteiger partial charge < -0.3 is 5.32 Å². The monoisotopic (exact) mass is 187 g/mol. The molecule has 14 heavy (non-hydrogen) atoms. The first-order valence-corrected chi connectivity index (χ1v) is 5.78. The molecule has 1 aromatic carbocycles. The van der Waals surface area contributed by atoms with Gasteiger partial charge in [0, 0.05) is 18.2 Å². The molecule has 1 N–H and O–H groups in total. The van der Waals surface area contributed by atoms with Crippen LogP contribution in [-0.4, -0.2) is 6.54 Å². The number of rotatable bonds is 1. The summed E-state index contributed by atoms with van der Waals surface area (Å²) >= 11 is 0. The molecular formula is C13H17N. The average molecular weight is 187 g/mol. The van der Waals surface area contributed by atoms with Gasteiger partial charge in [-0.25, -0.2) is 0 Å². The average Bonchev–Trinajstić information content (AvgIpc) is 2.85. The van der Waals surface area contributed by atoms with Crippen LogP contribution in [0.1, 0.15) is 37.2 Å². The molecule has 74 valence electrons. The van der Waals surface area contributed by atoms with Crippen molar-refractivity contribution in [2.45, 2.75) is 31.6 Å². The van der Waals surface area contributed by atoms with Gasteiger partial charge in [0.2, 0.25) is 0 Å². The molecule has 0 bridgehead atoms.